The highest BCUT2D eigenvalue weighted by molar-refractivity contribution is 7.87. The van der Waals surface area contributed by atoms with Crippen LogP contribution in [-0.2, 0) is 34.5 Å². The van der Waals surface area contributed by atoms with Crippen LogP contribution in [0, 0.1) is 0 Å². The molecule has 114 valence electrons. The Morgan fingerprint density at radius 1 is 1.11 bits per heavy atom. The predicted octanol–water partition coefficient (Wildman–Crippen LogP) is -0.292. The van der Waals surface area contributed by atoms with Gasteiger partial charge in [0.05, 0.1) is 19.6 Å². The Labute approximate surface area is 109 Å². The van der Waals surface area contributed by atoms with Crippen molar-refractivity contribution in [1.29, 1.82) is 0 Å². The Balaban J connectivity index is 0. The fraction of sp³-hybridized carbons (Fsp3) is 0.750. The number of aliphatic carboxylic acids is 2. The first-order valence-electron chi connectivity index (χ1n) is 4.98. The molecular formula is C8H16O10S. The maximum absolute atomic E-state index is 10.2. The third kappa shape index (κ3) is 13.0. The predicted molar refractivity (Wildman–Crippen MR) is 59.6 cm³/mol. The zero-order valence-corrected chi connectivity index (χ0v) is 11.1. The van der Waals surface area contributed by atoms with Gasteiger partial charge in [-0.15, -0.1) is 0 Å². The fourth-order valence-corrected chi connectivity index (χ4v) is 1.22. The number of hydrogen-bond donors (Lipinski definition) is 3. The summed E-state index contributed by atoms with van der Waals surface area (Å²) in [4.78, 5) is 28.7. The Kier molecular flexibility index (Phi) is 11.2. The molecule has 0 aromatic heterocycles. The van der Waals surface area contributed by atoms with Gasteiger partial charge in [-0.2, -0.15) is 8.42 Å². The van der Waals surface area contributed by atoms with E-state index in [1.807, 2.05) is 13.8 Å². The second-order valence-electron chi connectivity index (χ2n) is 2.82. The molecule has 0 amide bonds. The van der Waals surface area contributed by atoms with Crippen LogP contribution in [-0.4, -0.2) is 53.6 Å². The van der Waals surface area contributed by atoms with Crippen molar-refractivity contribution in [1.82, 2.24) is 0 Å². The summed E-state index contributed by atoms with van der Waals surface area (Å²) in [5, 5.41) is 18.0. The van der Waals surface area contributed by atoms with E-state index in [-0.39, 0.29) is 0 Å². The summed E-state index contributed by atoms with van der Waals surface area (Å²) in [5.74, 6) is -3.50. The first kappa shape index (κ1) is 20.1. The van der Waals surface area contributed by atoms with Gasteiger partial charge in [-0.25, -0.2) is 9.78 Å². The van der Waals surface area contributed by atoms with E-state index in [2.05, 4.69) is 14.8 Å². The van der Waals surface area contributed by atoms with Crippen LogP contribution in [0.2, 0.25) is 0 Å². The average molecular weight is 304 g/mol. The lowest BCUT2D eigenvalue weighted by molar-refractivity contribution is -0.509. The maximum atomic E-state index is 10.2. The molecule has 0 bridgehead atoms. The summed E-state index contributed by atoms with van der Waals surface area (Å²) in [6, 6.07) is 0. The van der Waals surface area contributed by atoms with Crippen LogP contribution in [0.3, 0.4) is 0 Å². The molecule has 0 aliphatic heterocycles. The first-order valence-corrected chi connectivity index (χ1v) is 6.49. The van der Waals surface area contributed by atoms with Crippen molar-refractivity contribution in [2.75, 3.05) is 13.2 Å². The van der Waals surface area contributed by atoms with E-state index in [9.17, 15) is 18.0 Å². The summed E-state index contributed by atoms with van der Waals surface area (Å²) in [5.41, 5.74) is 0. The number of rotatable bonds is 8. The van der Waals surface area contributed by atoms with Gasteiger partial charge in [0.15, 0.2) is 5.25 Å². The topological polar surface area (TPSA) is 157 Å². The van der Waals surface area contributed by atoms with E-state index < -0.39 is 33.7 Å². The number of carboxylic acids is 2. The summed E-state index contributed by atoms with van der Waals surface area (Å²) < 4.78 is 28.7. The van der Waals surface area contributed by atoms with Crippen LogP contribution in [0.5, 0.6) is 0 Å². The molecule has 11 heteroatoms. The average Bonchev–Trinajstić information content (AvgIpc) is 2.25. The van der Waals surface area contributed by atoms with Crippen LogP contribution >= 0.6 is 0 Å². The van der Waals surface area contributed by atoms with Crippen molar-refractivity contribution >= 4 is 22.1 Å². The normalized spacial score (nSPS) is 12.2. The van der Waals surface area contributed by atoms with E-state index in [0.29, 0.717) is 13.2 Å². The highest BCUT2D eigenvalue weighted by Crippen LogP contribution is 2.04. The lowest BCUT2D eigenvalue weighted by Gasteiger charge is -2.04. The van der Waals surface area contributed by atoms with Gasteiger partial charge in [0.2, 0.25) is 0 Å². The van der Waals surface area contributed by atoms with Gasteiger partial charge in [-0.05, 0) is 13.8 Å². The van der Waals surface area contributed by atoms with E-state index in [4.69, 9.17) is 14.8 Å². The highest BCUT2D eigenvalue weighted by Gasteiger charge is 2.33. The summed E-state index contributed by atoms with van der Waals surface area (Å²) in [7, 11) is -4.84. The van der Waals surface area contributed by atoms with Crippen LogP contribution in [0.4, 0.5) is 0 Å². The number of carbonyl (C=O) groups is 2. The van der Waals surface area contributed by atoms with Crippen LogP contribution < -0.4 is 0 Å². The SMILES string of the molecule is CCOOOCC.O=C(O)CC(C(=O)O)S(=O)(=O)O. The van der Waals surface area contributed by atoms with Crippen molar-refractivity contribution in [3.05, 3.63) is 0 Å². The molecule has 0 radical (unpaired) electrons. The van der Waals surface area contributed by atoms with Crippen LogP contribution in [0.15, 0.2) is 0 Å². The molecule has 0 aromatic carbocycles. The molecule has 0 saturated heterocycles. The third-order valence-electron chi connectivity index (χ3n) is 1.33. The molecule has 10 nitrogen and oxygen atoms in total. The largest absolute Gasteiger partial charge is 0.481 e. The van der Waals surface area contributed by atoms with Crippen molar-refractivity contribution in [2.24, 2.45) is 0 Å². The van der Waals surface area contributed by atoms with Crippen molar-refractivity contribution in [3.8, 4) is 0 Å². The molecule has 0 aliphatic rings. The molecule has 0 saturated carbocycles. The maximum Gasteiger partial charge on any atom is 0.325 e. The molecule has 0 heterocycles. The van der Waals surface area contributed by atoms with Gasteiger partial charge in [-0.3, -0.25) is 14.1 Å². The number of hydrogen-bond acceptors (Lipinski definition) is 7. The smallest absolute Gasteiger partial charge is 0.325 e. The molecule has 1 atom stereocenters. The molecule has 0 rings (SSSR count). The zero-order chi connectivity index (χ0) is 15.5. The van der Waals surface area contributed by atoms with Gasteiger partial charge in [0, 0.05) is 0 Å². The van der Waals surface area contributed by atoms with Crippen LogP contribution in [0.1, 0.15) is 20.3 Å². The monoisotopic (exact) mass is 304 g/mol. The van der Waals surface area contributed by atoms with Gasteiger partial charge in [0.1, 0.15) is 0 Å². The van der Waals surface area contributed by atoms with E-state index in [0.717, 1.165) is 0 Å². The molecule has 19 heavy (non-hydrogen) atoms. The Bertz CT molecular complexity index is 358. The Morgan fingerprint density at radius 3 is 1.68 bits per heavy atom. The molecule has 1 unspecified atom stereocenters. The molecule has 0 spiro atoms. The molecule has 0 aliphatic carbocycles. The minimum absolute atomic E-state index is 0.514. The van der Waals surface area contributed by atoms with Gasteiger partial charge >= 0.3 is 11.9 Å². The van der Waals surface area contributed by atoms with Gasteiger partial charge < -0.3 is 10.2 Å². The Morgan fingerprint density at radius 2 is 1.53 bits per heavy atom. The zero-order valence-electron chi connectivity index (χ0n) is 10.3. The second kappa shape index (κ2) is 10.6. The molecule has 0 fully saturated rings. The van der Waals surface area contributed by atoms with E-state index in [1.54, 1.807) is 0 Å². The minimum Gasteiger partial charge on any atom is -0.481 e. The van der Waals surface area contributed by atoms with Crippen molar-refractivity contribution in [3.63, 3.8) is 0 Å². The van der Waals surface area contributed by atoms with E-state index in [1.165, 1.54) is 0 Å². The molecule has 3 N–H and O–H groups in total. The summed E-state index contributed by atoms with van der Waals surface area (Å²) >= 11 is 0. The summed E-state index contributed by atoms with van der Waals surface area (Å²) in [6.07, 6.45) is -1.16. The minimum atomic E-state index is -4.84. The number of carboxylic acid groups (broad SMARTS) is 2. The first-order chi connectivity index (χ1) is 8.66. The lowest BCUT2D eigenvalue weighted by Crippen LogP contribution is -2.31. The quantitative estimate of drug-likeness (QED) is 0.235. The summed E-state index contributed by atoms with van der Waals surface area (Å²) in [6.45, 7) is 4.66. The molecule has 0 aromatic rings. The fourth-order valence-electron chi connectivity index (χ4n) is 0.609. The van der Waals surface area contributed by atoms with E-state index >= 15 is 0 Å². The van der Waals surface area contributed by atoms with Gasteiger partial charge in [0.25, 0.3) is 10.1 Å². The highest BCUT2D eigenvalue weighted by atomic mass is 32.2. The Hall–Kier alpha value is -1.27. The third-order valence-corrected chi connectivity index (χ3v) is 2.41. The molecular weight excluding hydrogens is 288 g/mol. The van der Waals surface area contributed by atoms with Crippen molar-refractivity contribution in [2.45, 2.75) is 25.5 Å². The van der Waals surface area contributed by atoms with Crippen LogP contribution in [0.25, 0.3) is 0 Å². The lowest BCUT2D eigenvalue weighted by atomic mass is 10.3. The van der Waals surface area contributed by atoms with Gasteiger partial charge in [-0.1, -0.05) is 5.04 Å². The second-order valence-corrected chi connectivity index (χ2v) is 4.42. The standard InChI is InChI=1S/C4H6O7S.C4H10O3/c5-3(6)1-2(4(7)8)12(9,10)11;1-3-5-7-6-4-2/h2H,1H2,(H,5,6)(H,7,8)(H,9,10,11);3-4H2,1-2H3. The van der Waals surface area contributed by atoms with Crippen molar-refractivity contribution < 1.29 is 47.6 Å².